The molecule has 16 heteroatoms. The monoisotopic (exact) mass is 832 g/mol. The highest BCUT2D eigenvalue weighted by Gasteiger charge is 2.38. The molecule has 0 spiro atoms. The second-order valence-corrected chi connectivity index (χ2v) is 16.4. The minimum atomic E-state index is -1.19. The summed E-state index contributed by atoms with van der Waals surface area (Å²) in [6.45, 7) is 11.0. The topological polar surface area (TPSA) is 184 Å². The summed E-state index contributed by atoms with van der Waals surface area (Å²) in [6.07, 6.45) is -0.980. The number of hydrogen-bond acceptors (Lipinski definition) is 11. The van der Waals surface area contributed by atoms with Crippen molar-refractivity contribution in [3.63, 3.8) is 0 Å². The quantitative estimate of drug-likeness (QED) is 0.0509. The number of nitrogens with one attached hydrogen (secondary N) is 1. The lowest BCUT2D eigenvalue weighted by molar-refractivity contribution is -0.790. The highest BCUT2D eigenvalue weighted by Crippen LogP contribution is 2.43. The first-order chi connectivity index (χ1) is 28.4. The Morgan fingerprint density at radius 1 is 0.933 bits per heavy atom. The minimum Gasteiger partial charge on any atom is -0.466 e. The molecule has 5 rings (SSSR count). The number of rotatable bonds is 20. The number of aromatic nitrogens is 1. The molecule has 1 aliphatic heterocycles. The molecule has 4 aromatic rings. The molecular formula is C44H53FN4O11. The highest BCUT2D eigenvalue weighted by atomic mass is 19.1. The van der Waals surface area contributed by atoms with Gasteiger partial charge in [0.15, 0.2) is 5.79 Å². The average Bonchev–Trinajstić information content (AvgIpc) is 3.52. The van der Waals surface area contributed by atoms with Crippen LogP contribution in [0.4, 0.5) is 10.1 Å². The van der Waals surface area contributed by atoms with Crippen LogP contribution in [-0.4, -0.2) is 63.9 Å². The van der Waals surface area contributed by atoms with Crippen LogP contribution in [0.3, 0.4) is 0 Å². The maximum absolute atomic E-state index is 14.5. The van der Waals surface area contributed by atoms with E-state index in [0.29, 0.717) is 37.1 Å². The summed E-state index contributed by atoms with van der Waals surface area (Å²) < 4.78 is 34.7. The minimum absolute atomic E-state index is 0.00907. The van der Waals surface area contributed by atoms with E-state index in [2.05, 4.69) is 19.6 Å². The molecule has 1 saturated heterocycles. The molecule has 322 valence electrons. The maximum atomic E-state index is 14.5. The van der Waals surface area contributed by atoms with Gasteiger partial charge in [-0.15, -0.1) is 20.2 Å². The Hall–Kier alpha value is -5.87. The van der Waals surface area contributed by atoms with Gasteiger partial charge in [-0.2, -0.15) is 0 Å². The van der Waals surface area contributed by atoms with Crippen molar-refractivity contribution in [2.24, 2.45) is 5.41 Å². The van der Waals surface area contributed by atoms with Gasteiger partial charge in [-0.25, -0.2) is 4.39 Å². The molecule has 1 N–H and O–H groups in total. The number of anilines is 1. The van der Waals surface area contributed by atoms with Gasteiger partial charge in [-0.05, 0) is 92.0 Å². The molecular weight excluding hydrogens is 779 g/mol. The molecule has 3 unspecified atom stereocenters. The van der Waals surface area contributed by atoms with Gasteiger partial charge in [0.25, 0.3) is 16.1 Å². The first-order valence-corrected chi connectivity index (χ1v) is 19.9. The number of esters is 1. The summed E-state index contributed by atoms with van der Waals surface area (Å²) in [7, 11) is 0. The number of carbonyl (C=O) groups excluding carboxylic acids is 2. The second-order valence-electron chi connectivity index (χ2n) is 16.4. The van der Waals surface area contributed by atoms with Gasteiger partial charge in [0.2, 0.25) is 0 Å². The fraction of sp³-hybridized carbons (Fsp3) is 0.455. The summed E-state index contributed by atoms with van der Waals surface area (Å²) >= 11 is 0. The molecule has 3 atom stereocenters. The van der Waals surface area contributed by atoms with Crippen LogP contribution in [0.5, 0.6) is 0 Å². The van der Waals surface area contributed by atoms with Crippen LogP contribution >= 0.6 is 0 Å². The average molecular weight is 833 g/mol. The maximum Gasteiger partial charge on any atom is 0.308 e. The Labute approximate surface area is 348 Å². The number of carbonyl (C=O) groups is 2. The van der Waals surface area contributed by atoms with E-state index in [1.165, 1.54) is 12.1 Å². The summed E-state index contributed by atoms with van der Waals surface area (Å²) in [5.41, 5.74) is 4.36. The van der Waals surface area contributed by atoms with Crippen molar-refractivity contribution in [1.82, 2.24) is 4.57 Å². The lowest BCUT2D eigenvalue weighted by Crippen LogP contribution is -2.45. The Bertz CT molecular complexity index is 2090. The molecule has 1 fully saturated rings. The summed E-state index contributed by atoms with van der Waals surface area (Å²) in [4.78, 5) is 58.0. The summed E-state index contributed by atoms with van der Waals surface area (Å²) in [5, 5.41) is 22.6. The number of ether oxygens (including phenoxy) is 3. The molecule has 1 aliphatic rings. The van der Waals surface area contributed by atoms with E-state index in [9.17, 15) is 34.2 Å². The van der Waals surface area contributed by atoms with Gasteiger partial charge in [0, 0.05) is 29.9 Å². The molecule has 0 bridgehead atoms. The molecule has 0 saturated carbocycles. The molecule has 60 heavy (non-hydrogen) atoms. The lowest BCUT2D eigenvalue weighted by Gasteiger charge is -2.41. The van der Waals surface area contributed by atoms with E-state index < -0.39 is 46.2 Å². The van der Waals surface area contributed by atoms with Crippen molar-refractivity contribution in [2.45, 2.75) is 110 Å². The van der Waals surface area contributed by atoms with Crippen molar-refractivity contribution in [3.8, 4) is 22.4 Å². The molecule has 1 amide bonds. The number of hydrogen-bond donors (Lipinski definition) is 1. The van der Waals surface area contributed by atoms with Crippen LogP contribution in [0.2, 0.25) is 0 Å². The third-order valence-corrected chi connectivity index (χ3v) is 10.2. The van der Waals surface area contributed by atoms with Gasteiger partial charge in [0.05, 0.1) is 36.5 Å². The Morgan fingerprint density at radius 3 is 2.18 bits per heavy atom. The molecule has 3 aromatic carbocycles. The fourth-order valence-corrected chi connectivity index (χ4v) is 7.80. The molecule has 1 aromatic heterocycles. The zero-order valence-electron chi connectivity index (χ0n) is 34.8. The fourth-order valence-electron chi connectivity index (χ4n) is 7.80. The lowest BCUT2D eigenvalue weighted by atomic mass is 9.84. The third-order valence-electron chi connectivity index (χ3n) is 10.2. The Balaban J connectivity index is 1.36. The van der Waals surface area contributed by atoms with Gasteiger partial charge in [-0.1, -0.05) is 76.2 Å². The van der Waals surface area contributed by atoms with Gasteiger partial charge >= 0.3 is 5.97 Å². The van der Waals surface area contributed by atoms with Crippen LogP contribution in [0.25, 0.3) is 22.4 Å². The van der Waals surface area contributed by atoms with Crippen LogP contribution in [0.1, 0.15) is 95.6 Å². The Morgan fingerprint density at radius 2 is 1.57 bits per heavy atom. The zero-order valence-corrected chi connectivity index (χ0v) is 34.8. The van der Waals surface area contributed by atoms with E-state index >= 15 is 0 Å². The largest absolute Gasteiger partial charge is 0.466 e. The number of benzene rings is 3. The SMILES string of the molecule is CC(C)c1c(C(=O)Nc2ccccc2)c(-c2ccccc2)c(-c2ccc(F)cc2)n1CCC1CC(CC(=O)OCCC(C)(C)CC(CO[N+](=O)[O-])O[N+](=O)[O-])OC(C)(C)O1. The zero-order chi connectivity index (χ0) is 43.6. The second kappa shape index (κ2) is 19.9. The van der Waals surface area contributed by atoms with E-state index in [-0.39, 0.29) is 43.2 Å². The number of nitrogens with zero attached hydrogens (tertiary/aromatic N) is 3. The normalized spacial score (nSPS) is 16.8. The van der Waals surface area contributed by atoms with Crippen molar-refractivity contribution in [2.75, 3.05) is 18.5 Å². The third kappa shape index (κ3) is 12.6. The predicted molar refractivity (Wildman–Crippen MR) is 220 cm³/mol. The molecule has 0 aliphatic carbocycles. The van der Waals surface area contributed by atoms with E-state index in [1.807, 2.05) is 74.5 Å². The van der Waals surface area contributed by atoms with E-state index in [4.69, 9.17) is 14.2 Å². The van der Waals surface area contributed by atoms with Crippen molar-refractivity contribution < 1.29 is 48.0 Å². The predicted octanol–water partition coefficient (Wildman–Crippen LogP) is 9.16. The highest BCUT2D eigenvalue weighted by molar-refractivity contribution is 6.12. The van der Waals surface area contributed by atoms with E-state index in [0.717, 1.165) is 28.1 Å². The smallest absolute Gasteiger partial charge is 0.308 e. The van der Waals surface area contributed by atoms with Crippen molar-refractivity contribution in [3.05, 3.63) is 122 Å². The van der Waals surface area contributed by atoms with Gasteiger partial charge < -0.3 is 33.8 Å². The standard InChI is InChI=1S/C44H53FN4O11/c1-29(2)40-39(42(51)46-33-15-11-8-12-16-33)38(30-13-9-7-10-14-30)41(31-17-19-32(45)20-18-31)47(40)23-21-34-25-35(59-44(5,6)58-34)26-37(50)56-24-22-43(3,4)27-36(60-49(54)55)28-57-48(52)53/h7-20,29,34-36H,21-28H2,1-6H3,(H,46,51). The van der Waals surface area contributed by atoms with Gasteiger partial charge in [-0.3, -0.25) is 9.59 Å². The van der Waals surface area contributed by atoms with Gasteiger partial charge in [0.1, 0.15) is 18.5 Å². The number of halogens is 1. The number of amides is 1. The van der Waals surface area contributed by atoms with Crippen LogP contribution < -0.4 is 5.32 Å². The number of para-hydroxylation sites is 1. The van der Waals surface area contributed by atoms with Crippen LogP contribution in [0, 0.1) is 31.5 Å². The molecule has 15 nitrogen and oxygen atoms in total. The van der Waals surface area contributed by atoms with Crippen molar-refractivity contribution >= 4 is 17.6 Å². The van der Waals surface area contributed by atoms with Crippen LogP contribution in [-0.2, 0) is 35.2 Å². The first-order valence-electron chi connectivity index (χ1n) is 19.9. The van der Waals surface area contributed by atoms with E-state index in [1.54, 1.807) is 39.8 Å². The summed E-state index contributed by atoms with van der Waals surface area (Å²) in [5.74, 6) is -2.31. The molecule has 0 radical (unpaired) electrons. The summed E-state index contributed by atoms with van der Waals surface area (Å²) in [6, 6.07) is 25.2. The van der Waals surface area contributed by atoms with Crippen LogP contribution in [0.15, 0.2) is 84.9 Å². The molecule has 2 heterocycles. The first kappa shape index (κ1) is 45.2. The van der Waals surface area contributed by atoms with Crippen molar-refractivity contribution in [1.29, 1.82) is 0 Å². The Kier molecular flexibility index (Phi) is 15.0.